The molecule has 4 heteroatoms. The molecule has 0 fully saturated rings. The van der Waals surface area contributed by atoms with Crippen LogP contribution in [0.3, 0.4) is 0 Å². The molecule has 17 heavy (non-hydrogen) atoms. The summed E-state index contributed by atoms with van der Waals surface area (Å²) in [7, 11) is 2.08. The molecular weight excluding hydrogens is 296 g/mol. The Hall–Kier alpha value is -0.840. The van der Waals surface area contributed by atoms with Gasteiger partial charge in [-0.05, 0) is 40.2 Å². The summed E-state index contributed by atoms with van der Waals surface area (Å²) in [5.41, 5.74) is 7.09. The van der Waals surface area contributed by atoms with Crippen LogP contribution in [-0.2, 0) is 0 Å². The number of thiophene rings is 1. The number of halogens is 1. The molecule has 1 atom stereocenters. The third-order valence-electron chi connectivity index (χ3n) is 2.78. The van der Waals surface area contributed by atoms with Gasteiger partial charge < -0.3 is 10.6 Å². The average Bonchev–Trinajstić information content (AvgIpc) is 2.78. The molecule has 2 rings (SSSR count). The molecule has 0 bridgehead atoms. The predicted octanol–water partition coefficient (Wildman–Crippen LogP) is 3.65. The van der Waals surface area contributed by atoms with E-state index in [2.05, 4.69) is 52.1 Å². The molecule has 0 saturated heterocycles. The monoisotopic (exact) mass is 310 g/mol. The topological polar surface area (TPSA) is 29.3 Å². The molecule has 0 aliphatic heterocycles. The van der Waals surface area contributed by atoms with Gasteiger partial charge in [0.25, 0.3) is 0 Å². The lowest BCUT2D eigenvalue weighted by Gasteiger charge is -2.28. The smallest absolute Gasteiger partial charge is 0.0754 e. The summed E-state index contributed by atoms with van der Waals surface area (Å²) >= 11 is 5.23. The molecule has 2 nitrogen and oxygen atoms in total. The second-order valence-corrected chi connectivity index (χ2v) is 6.33. The fraction of sp³-hybridized carbons (Fsp3) is 0.231. The molecule has 1 heterocycles. The minimum absolute atomic E-state index is 0.230. The van der Waals surface area contributed by atoms with E-state index in [1.165, 1.54) is 10.6 Å². The quantitative estimate of drug-likeness (QED) is 0.934. The maximum absolute atomic E-state index is 5.90. The number of nitrogens with zero attached hydrogens (tertiary/aromatic N) is 1. The van der Waals surface area contributed by atoms with Gasteiger partial charge in [-0.15, -0.1) is 11.3 Å². The van der Waals surface area contributed by atoms with Crippen molar-refractivity contribution in [2.24, 2.45) is 5.73 Å². The van der Waals surface area contributed by atoms with Crippen LogP contribution in [0, 0.1) is 0 Å². The zero-order chi connectivity index (χ0) is 12.3. The molecule has 2 N–H and O–H groups in total. The summed E-state index contributed by atoms with van der Waals surface area (Å²) in [6.45, 7) is 0.609. The minimum Gasteiger partial charge on any atom is -0.365 e. The van der Waals surface area contributed by atoms with Crippen molar-refractivity contribution in [3.05, 3.63) is 51.1 Å². The minimum atomic E-state index is 0.230. The van der Waals surface area contributed by atoms with E-state index in [0.29, 0.717) is 6.54 Å². The molecule has 1 aromatic heterocycles. The number of hydrogen-bond donors (Lipinski definition) is 1. The predicted molar refractivity (Wildman–Crippen MR) is 78.7 cm³/mol. The van der Waals surface area contributed by atoms with Crippen LogP contribution in [0.4, 0.5) is 5.69 Å². The Morgan fingerprint density at radius 1 is 1.24 bits per heavy atom. The fourth-order valence-corrected chi connectivity index (χ4v) is 3.40. The number of para-hydroxylation sites is 1. The molecule has 90 valence electrons. The van der Waals surface area contributed by atoms with Crippen molar-refractivity contribution >= 4 is 33.0 Å². The first-order chi connectivity index (χ1) is 8.22. The van der Waals surface area contributed by atoms with Crippen molar-refractivity contribution in [2.45, 2.75) is 6.04 Å². The molecule has 0 aliphatic rings. The Morgan fingerprint density at radius 3 is 2.47 bits per heavy atom. The van der Waals surface area contributed by atoms with E-state index in [0.717, 1.165) is 3.79 Å². The summed E-state index contributed by atoms with van der Waals surface area (Å²) in [6, 6.07) is 14.8. The van der Waals surface area contributed by atoms with Gasteiger partial charge in [-0.2, -0.15) is 0 Å². The van der Waals surface area contributed by atoms with Crippen molar-refractivity contribution in [3.63, 3.8) is 0 Å². The highest BCUT2D eigenvalue weighted by atomic mass is 79.9. The van der Waals surface area contributed by atoms with E-state index in [9.17, 15) is 0 Å². The molecule has 1 aromatic carbocycles. The SMILES string of the molecule is CN(c1ccccc1)C(CN)c1ccc(Br)s1. The van der Waals surface area contributed by atoms with Gasteiger partial charge >= 0.3 is 0 Å². The van der Waals surface area contributed by atoms with Gasteiger partial charge in [0.1, 0.15) is 0 Å². The average molecular weight is 311 g/mol. The van der Waals surface area contributed by atoms with Crippen LogP contribution in [0.25, 0.3) is 0 Å². The van der Waals surface area contributed by atoms with Crippen molar-refractivity contribution in [3.8, 4) is 0 Å². The molecular formula is C13H15BrN2S. The lowest BCUT2D eigenvalue weighted by molar-refractivity contribution is 0.692. The zero-order valence-electron chi connectivity index (χ0n) is 9.64. The Morgan fingerprint density at radius 2 is 1.94 bits per heavy atom. The number of nitrogens with two attached hydrogens (primary N) is 1. The molecule has 0 aliphatic carbocycles. The lowest BCUT2D eigenvalue weighted by atomic mass is 10.2. The maximum Gasteiger partial charge on any atom is 0.0754 e. The fourth-order valence-electron chi connectivity index (χ4n) is 1.82. The third kappa shape index (κ3) is 2.89. The van der Waals surface area contributed by atoms with Crippen LogP contribution >= 0.6 is 27.3 Å². The number of rotatable bonds is 4. The Kier molecular flexibility index (Phi) is 4.20. The summed E-state index contributed by atoms with van der Waals surface area (Å²) in [5, 5.41) is 0. The maximum atomic E-state index is 5.90. The molecule has 0 saturated carbocycles. The van der Waals surface area contributed by atoms with Gasteiger partial charge in [0.05, 0.1) is 9.83 Å². The summed E-state index contributed by atoms with van der Waals surface area (Å²) in [6.07, 6.45) is 0. The molecule has 0 amide bonds. The first-order valence-electron chi connectivity index (χ1n) is 5.45. The van der Waals surface area contributed by atoms with E-state index in [4.69, 9.17) is 5.73 Å². The van der Waals surface area contributed by atoms with Crippen LogP contribution < -0.4 is 10.6 Å². The molecule has 0 radical (unpaired) electrons. The number of hydrogen-bond acceptors (Lipinski definition) is 3. The van der Waals surface area contributed by atoms with Gasteiger partial charge in [0.2, 0.25) is 0 Å². The van der Waals surface area contributed by atoms with Gasteiger partial charge in [0, 0.05) is 24.2 Å². The van der Waals surface area contributed by atoms with Crippen molar-refractivity contribution < 1.29 is 0 Å². The Balaban J connectivity index is 2.25. The van der Waals surface area contributed by atoms with Gasteiger partial charge in [-0.1, -0.05) is 18.2 Å². The molecule has 1 unspecified atom stereocenters. The zero-order valence-corrected chi connectivity index (χ0v) is 12.0. The lowest BCUT2D eigenvalue weighted by Crippen LogP contribution is -2.29. The Bertz CT molecular complexity index is 469. The highest BCUT2D eigenvalue weighted by Crippen LogP contribution is 2.31. The Labute approximate surface area is 114 Å². The van der Waals surface area contributed by atoms with Crippen LogP contribution in [0.1, 0.15) is 10.9 Å². The largest absolute Gasteiger partial charge is 0.365 e. The second-order valence-electron chi connectivity index (χ2n) is 3.84. The van der Waals surface area contributed by atoms with E-state index in [-0.39, 0.29) is 6.04 Å². The van der Waals surface area contributed by atoms with Crippen LogP contribution in [0.15, 0.2) is 46.3 Å². The number of anilines is 1. The summed E-state index contributed by atoms with van der Waals surface area (Å²) in [5.74, 6) is 0. The molecule has 0 spiro atoms. The normalized spacial score (nSPS) is 12.4. The van der Waals surface area contributed by atoms with Crippen LogP contribution in [-0.4, -0.2) is 13.6 Å². The van der Waals surface area contributed by atoms with Gasteiger partial charge in [-0.3, -0.25) is 0 Å². The second kappa shape index (κ2) is 5.67. The number of likely N-dealkylation sites (N-methyl/N-ethyl adjacent to an activating group) is 1. The van der Waals surface area contributed by atoms with Crippen LogP contribution in [0.5, 0.6) is 0 Å². The van der Waals surface area contributed by atoms with Gasteiger partial charge in [-0.25, -0.2) is 0 Å². The highest BCUT2D eigenvalue weighted by Gasteiger charge is 2.17. The van der Waals surface area contributed by atoms with Crippen molar-refractivity contribution in [1.82, 2.24) is 0 Å². The summed E-state index contributed by atoms with van der Waals surface area (Å²) in [4.78, 5) is 3.50. The number of benzene rings is 1. The highest BCUT2D eigenvalue weighted by molar-refractivity contribution is 9.11. The van der Waals surface area contributed by atoms with Crippen LogP contribution in [0.2, 0.25) is 0 Å². The summed E-state index contributed by atoms with van der Waals surface area (Å²) < 4.78 is 1.15. The van der Waals surface area contributed by atoms with E-state index in [1.807, 2.05) is 18.2 Å². The first kappa shape index (κ1) is 12.6. The third-order valence-corrected chi connectivity index (χ3v) is 4.50. The van der Waals surface area contributed by atoms with E-state index >= 15 is 0 Å². The van der Waals surface area contributed by atoms with E-state index in [1.54, 1.807) is 11.3 Å². The standard InChI is InChI=1S/C13H15BrN2S/c1-16(10-5-3-2-4-6-10)11(9-15)12-7-8-13(14)17-12/h2-8,11H,9,15H2,1H3. The van der Waals surface area contributed by atoms with Crippen molar-refractivity contribution in [2.75, 3.05) is 18.5 Å². The van der Waals surface area contributed by atoms with Crippen molar-refractivity contribution in [1.29, 1.82) is 0 Å². The first-order valence-corrected chi connectivity index (χ1v) is 7.06. The van der Waals surface area contributed by atoms with E-state index < -0.39 is 0 Å². The van der Waals surface area contributed by atoms with Gasteiger partial charge in [0.15, 0.2) is 0 Å². The molecule has 2 aromatic rings.